The number of carbonyl (C=O) groups is 1. The average Bonchev–Trinajstić information content (AvgIpc) is 2.67. The Balaban J connectivity index is 1.45. The van der Waals surface area contributed by atoms with Crippen molar-refractivity contribution in [2.24, 2.45) is 5.92 Å². The number of aromatic nitrogens is 1. The third-order valence-corrected chi connectivity index (χ3v) is 4.76. The van der Waals surface area contributed by atoms with Gasteiger partial charge in [0.1, 0.15) is 5.75 Å². The van der Waals surface area contributed by atoms with Crippen LogP contribution in [0.25, 0.3) is 0 Å². The van der Waals surface area contributed by atoms with Crippen molar-refractivity contribution in [1.29, 1.82) is 0 Å². The normalized spacial score (nSPS) is 17.3. The molecule has 132 valence electrons. The van der Waals surface area contributed by atoms with Gasteiger partial charge >= 0.3 is 0 Å². The van der Waals surface area contributed by atoms with E-state index in [4.69, 9.17) is 4.74 Å². The maximum Gasteiger partial charge on any atom is 0.222 e. The zero-order valence-electron chi connectivity index (χ0n) is 14.9. The van der Waals surface area contributed by atoms with Crippen molar-refractivity contribution in [2.45, 2.75) is 32.6 Å². The summed E-state index contributed by atoms with van der Waals surface area (Å²) in [5.41, 5.74) is 2.40. The topological polar surface area (TPSA) is 42.4 Å². The number of benzene rings is 1. The molecule has 0 N–H and O–H groups in total. The van der Waals surface area contributed by atoms with Crippen LogP contribution in [0.2, 0.25) is 0 Å². The number of hydrogen-bond acceptors (Lipinski definition) is 3. The van der Waals surface area contributed by atoms with Crippen molar-refractivity contribution in [3.05, 3.63) is 59.9 Å². The summed E-state index contributed by atoms with van der Waals surface area (Å²) in [6.07, 6.45) is 7.08. The van der Waals surface area contributed by atoms with Crippen molar-refractivity contribution in [1.82, 2.24) is 9.88 Å². The molecule has 1 saturated heterocycles. The first-order valence-corrected chi connectivity index (χ1v) is 9.07. The van der Waals surface area contributed by atoms with Crippen molar-refractivity contribution in [2.75, 3.05) is 19.7 Å². The van der Waals surface area contributed by atoms with Crippen LogP contribution >= 0.6 is 0 Å². The Morgan fingerprint density at radius 1 is 1.20 bits per heavy atom. The number of rotatable bonds is 6. The monoisotopic (exact) mass is 338 g/mol. The second kappa shape index (κ2) is 8.65. The van der Waals surface area contributed by atoms with Crippen molar-refractivity contribution in [3.8, 4) is 5.75 Å². The van der Waals surface area contributed by atoms with Gasteiger partial charge in [-0.1, -0.05) is 17.7 Å². The van der Waals surface area contributed by atoms with Gasteiger partial charge in [0.2, 0.25) is 5.91 Å². The van der Waals surface area contributed by atoms with E-state index < -0.39 is 0 Å². The highest BCUT2D eigenvalue weighted by molar-refractivity contribution is 5.76. The van der Waals surface area contributed by atoms with Gasteiger partial charge < -0.3 is 9.64 Å². The first-order chi connectivity index (χ1) is 12.2. The summed E-state index contributed by atoms with van der Waals surface area (Å²) in [6, 6.07) is 12.1. The number of aryl methyl sites for hydroxylation is 2. The maximum absolute atomic E-state index is 12.5. The van der Waals surface area contributed by atoms with E-state index in [1.165, 1.54) is 11.1 Å². The molecule has 0 spiro atoms. The van der Waals surface area contributed by atoms with E-state index in [9.17, 15) is 4.79 Å². The van der Waals surface area contributed by atoms with E-state index in [2.05, 4.69) is 24.0 Å². The van der Waals surface area contributed by atoms with Gasteiger partial charge in [0, 0.05) is 37.8 Å². The van der Waals surface area contributed by atoms with Crippen LogP contribution in [-0.2, 0) is 11.2 Å². The summed E-state index contributed by atoms with van der Waals surface area (Å²) >= 11 is 0. The number of likely N-dealkylation sites (tertiary alicyclic amines) is 1. The number of amides is 1. The van der Waals surface area contributed by atoms with E-state index in [-0.39, 0.29) is 5.91 Å². The molecule has 1 unspecified atom stereocenters. The largest absolute Gasteiger partial charge is 0.493 e. The smallest absolute Gasteiger partial charge is 0.222 e. The van der Waals surface area contributed by atoms with Gasteiger partial charge in [0.25, 0.3) is 0 Å². The maximum atomic E-state index is 12.5. The van der Waals surface area contributed by atoms with Gasteiger partial charge in [-0.25, -0.2) is 0 Å². The fraction of sp³-hybridized carbons (Fsp3) is 0.429. The highest BCUT2D eigenvalue weighted by Crippen LogP contribution is 2.20. The molecule has 1 aliphatic heterocycles. The second-order valence-corrected chi connectivity index (χ2v) is 6.83. The van der Waals surface area contributed by atoms with Crippen LogP contribution in [0.4, 0.5) is 0 Å². The zero-order chi connectivity index (χ0) is 17.5. The molecule has 2 aromatic rings. The Morgan fingerprint density at radius 3 is 2.72 bits per heavy atom. The standard InChI is InChI=1S/C21H26N2O2/c1-17-4-7-20(8-5-17)25-16-19-3-2-14-23(15-19)21(24)9-6-18-10-12-22-13-11-18/h4-5,7-8,10-13,19H,2-3,6,9,14-16H2,1H3. The molecule has 1 aromatic heterocycles. The van der Waals surface area contributed by atoms with Gasteiger partial charge in [0.05, 0.1) is 6.61 Å². The summed E-state index contributed by atoms with van der Waals surface area (Å²) in [6.45, 7) is 4.43. The van der Waals surface area contributed by atoms with E-state index in [0.29, 0.717) is 18.9 Å². The number of piperidine rings is 1. The number of carbonyl (C=O) groups excluding carboxylic acids is 1. The fourth-order valence-electron chi connectivity index (χ4n) is 3.24. The number of pyridine rings is 1. The molecule has 2 heterocycles. The van der Waals surface area contributed by atoms with Gasteiger partial charge in [-0.3, -0.25) is 9.78 Å². The van der Waals surface area contributed by atoms with Gasteiger partial charge in [-0.2, -0.15) is 0 Å². The quantitative estimate of drug-likeness (QED) is 0.807. The molecular formula is C21H26N2O2. The first kappa shape index (κ1) is 17.5. The molecule has 1 aromatic carbocycles. The van der Waals surface area contributed by atoms with Crippen LogP contribution in [0.5, 0.6) is 5.75 Å². The fourth-order valence-corrected chi connectivity index (χ4v) is 3.24. The lowest BCUT2D eigenvalue weighted by atomic mass is 9.98. The molecule has 0 aliphatic carbocycles. The molecule has 0 bridgehead atoms. The molecule has 4 nitrogen and oxygen atoms in total. The molecule has 1 aliphatic rings. The molecule has 4 heteroatoms. The Kier molecular flexibility index (Phi) is 6.04. The molecule has 0 radical (unpaired) electrons. The Labute approximate surface area is 149 Å². The highest BCUT2D eigenvalue weighted by atomic mass is 16.5. The van der Waals surface area contributed by atoms with Crippen LogP contribution in [0.1, 0.15) is 30.4 Å². The van der Waals surface area contributed by atoms with Gasteiger partial charge in [-0.15, -0.1) is 0 Å². The van der Waals surface area contributed by atoms with Crippen molar-refractivity contribution >= 4 is 5.91 Å². The molecule has 1 amide bonds. The van der Waals surface area contributed by atoms with Gasteiger partial charge in [-0.05, 0) is 56.0 Å². The Hall–Kier alpha value is -2.36. The number of hydrogen-bond donors (Lipinski definition) is 0. The minimum absolute atomic E-state index is 0.247. The molecule has 1 fully saturated rings. The predicted octanol–water partition coefficient (Wildman–Crippen LogP) is 3.64. The molecule has 0 saturated carbocycles. The van der Waals surface area contributed by atoms with E-state index >= 15 is 0 Å². The first-order valence-electron chi connectivity index (χ1n) is 9.07. The Bertz CT molecular complexity index is 670. The SMILES string of the molecule is Cc1ccc(OCC2CCCN(C(=O)CCc3ccncc3)C2)cc1. The average molecular weight is 338 g/mol. The minimum atomic E-state index is 0.247. The lowest BCUT2D eigenvalue weighted by Gasteiger charge is -2.32. The van der Waals surface area contributed by atoms with E-state index in [1.54, 1.807) is 12.4 Å². The lowest BCUT2D eigenvalue weighted by Crippen LogP contribution is -2.41. The summed E-state index contributed by atoms with van der Waals surface area (Å²) < 4.78 is 5.91. The van der Waals surface area contributed by atoms with Crippen LogP contribution < -0.4 is 4.74 Å². The molecular weight excluding hydrogens is 312 g/mol. The highest BCUT2D eigenvalue weighted by Gasteiger charge is 2.23. The van der Waals surface area contributed by atoms with Crippen molar-refractivity contribution in [3.63, 3.8) is 0 Å². The van der Waals surface area contributed by atoms with Crippen LogP contribution in [0.3, 0.4) is 0 Å². The van der Waals surface area contributed by atoms with Crippen molar-refractivity contribution < 1.29 is 9.53 Å². The molecule has 3 rings (SSSR count). The Morgan fingerprint density at radius 2 is 1.96 bits per heavy atom. The summed E-state index contributed by atoms with van der Waals surface area (Å²) in [7, 11) is 0. The number of ether oxygens (including phenoxy) is 1. The van der Waals surface area contributed by atoms with E-state index in [1.807, 2.05) is 29.2 Å². The second-order valence-electron chi connectivity index (χ2n) is 6.83. The summed E-state index contributed by atoms with van der Waals surface area (Å²) in [5.74, 6) is 1.57. The van der Waals surface area contributed by atoms with Crippen LogP contribution in [-0.4, -0.2) is 35.5 Å². The van der Waals surface area contributed by atoms with Crippen LogP contribution in [0.15, 0.2) is 48.8 Å². The minimum Gasteiger partial charge on any atom is -0.493 e. The third-order valence-electron chi connectivity index (χ3n) is 4.76. The third kappa shape index (κ3) is 5.31. The summed E-state index contributed by atoms with van der Waals surface area (Å²) in [4.78, 5) is 18.5. The van der Waals surface area contributed by atoms with E-state index in [0.717, 1.165) is 38.1 Å². The lowest BCUT2D eigenvalue weighted by molar-refractivity contribution is -0.133. The molecule has 1 atom stereocenters. The zero-order valence-corrected chi connectivity index (χ0v) is 14.9. The number of nitrogens with zero attached hydrogens (tertiary/aromatic N) is 2. The van der Waals surface area contributed by atoms with Crippen LogP contribution in [0, 0.1) is 12.8 Å². The van der Waals surface area contributed by atoms with Gasteiger partial charge in [0.15, 0.2) is 0 Å². The predicted molar refractivity (Wildman–Crippen MR) is 98.5 cm³/mol. The summed E-state index contributed by atoms with van der Waals surface area (Å²) in [5, 5.41) is 0. The molecule has 25 heavy (non-hydrogen) atoms.